The molecular weight excluding hydrogens is 216 g/mol. The Balaban J connectivity index is 2.62. The molecule has 0 amide bonds. The Kier molecular flexibility index (Phi) is 1.98. The topological polar surface area (TPSA) is 68.9 Å². The van der Waals surface area contributed by atoms with Crippen LogP contribution in [0.2, 0.25) is 0 Å². The lowest BCUT2D eigenvalue weighted by atomic mass is 10.1. The van der Waals surface area contributed by atoms with Crippen molar-refractivity contribution in [2.45, 2.75) is 13.3 Å². The van der Waals surface area contributed by atoms with Gasteiger partial charge in [-0.2, -0.15) is 0 Å². The zero-order chi connectivity index (χ0) is 12.0. The summed E-state index contributed by atoms with van der Waals surface area (Å²) in [4.78, 5) is 17.6. The zero-order valence-corrected chi connectivity index (χ0v) is 9.37. The number of rotatable bonds is 1. The van der Waals surface area contributed by atoms with Crippen LogP contribution < -0.4 is 5.56 Å². The highest BCUT2D eigenvalue weighted by atomic mass is 16.3. The molecule has 0 radical (unpaired) electrons. The third-order valence-electron chi connectivity index (χ3n) is 3.05. The number of fused-ring (bicyclic) bond motifs is 3. The molecule has 17 heavy (non-hydrogen) atoms. The average Bonchev–Trinajstić information content (AvgIpc) is 2.67. The van der Waals surface area contributed by atoms with Crippen LogP contribution in [0.4, 0.5) is 0 Å². The molecule has 4 nitrogen and oxygen atoms in total. The van der Waals surface area contributed by atoms with Crippen LogP contribution in [0.3, 0.4) is 0 Å². The monoisotopic (exact) mass is 228 g/mol. The highest BCUT2D eigenvalue weighted by Crippen LogP contribution is 2.32. The molecule has 0 saturated carbocycles. The van der Waals surface area contributed by atoms with Gasteiger partial charge in [-0.15, -0.1) is 0 Å². The van der Waals surface area contributed by atoms with Crippen LogP contribution in [-0.2, 0) is 6.42 Å². The highest BCUT2D eigenvalue weighted by Gasteiger charge is 2.11. The second-order valence-corrected chi connectivity index (χ2v) is 4.08. The minimum Gasteiger partial charge on any atom is -0.507 e. The second kappa shape index (κ2) is 3.38. The lowest BCUT2D eigenvalue weighted by molar-refractivity contribution is 0.482. The average molecular weight is 228 g/mol. The number of phenolic OH excluding ortho intramolecular Hbond substituents is 1. The SMILES string of the molecule is CCc1[nH]c(=O)cc2c1[nH]c1cccc(O)c12. The van der Waals surface area contributed by atoms with Crippen LogP contribution in [0, 0.1) is 0 Å². The summed E-state index contributed by atoms with van der Waals surface area (Å²) in [7, 11) is 0. The Morgan fingerprint density at radius 1 is 1.29 bits per heavy atom. The first-order chi connectivity index (χ1) is 8.20. The number of aromatic nitrogens is 2. The molecule has 1 aromatic carbocycles. The maximum absolute atomic E-state index is 11.6. The Hall–Kier alpha value is -2.23. The molecule has 0 aliphatic carbocycles. The molecule has 0 aliphatic heterocycles. The summed E-state index contributed by atoms with van der Waals surface area (Å²) in [5.41, 5.74) is 2.46. The number of nitrogens with one attached hydrogen (secondary N) is 2. The zero-order valence-electron chi connectivity index (χ0n) is 9.37. The standard InChI is InChI=1S/C13H12N2O2/c1-2-8-13-7(6-11(17)14-8)12-9(15-13)4-3-5-10(12)16/h3-6,15-16H,2H2,1H3,(H,14,17). The number of H-pyrrole nitrogens is 2. The van der Waals surface area contributed by atoms with Gasteiger partial charge in [-0.1, -0.05) is 13.0 Å². The van der Waals surface area contributed by atoms with Crippen molar-refractivity contribution in [2.75, 3.05) is 0 Å². The maximum atomic E-state index is 11.6. The van der Waals surface area contributed by atoms with E-state index in [1.165, 1.54) is 6.07 Å². The quantitative estimate of drug-likeness (QED) is 0.598. The van der Waals surface area contributed by atoms with Crippen molar-refractivity contribution in [3.63, 3.8) is 0 Å². The maximum Gasteiger partial charge on any atom is 0.248 e. The molecule has 0 fully saturated rings. The molecule has 0 aliphatic rings. The summed E-state index contributed by atoms with van der Waals surface area (Å²) in [5, 5.41) is 11.4. The number of hydrogen-bond acceptors (Lipinski definition) is 2. The van der Waals surface area contributed by atoms with Crippen molar-refractivity contribution in [1.29, 1.82) is 0 Å². The van der Waals surface area contributed by atoms with Crippen molar-refractivity contribution in [2.24, 2.45) is 0 Å². The molecular formula is C13H12N2O2. The number of hydrogen-bond donors (Lipinski definition) is 3. The molecule has 2 aromatic heterocycles. The van der Waals surface area contributed by atoms with Crippen molar-refractivity contribution in [3.05, 3.63) is 40.3 Å². The van der Waals surface area contributed by atoms with Crippen LogP contribution in [0.15, 0.2) is 29.1 Å². The van der Waals surface area contributed by atoms with Crippen molar-refractivity contribution >= 4 is 21.8 Å². The van der Waals surface area contributed by atoms with Crippen molar-refractivity contribution in [1.82, 2.24) is 9.97 Å². The van der Waals surface area contributed by atoms with Gasteiger partial charge < -0.3 is 15.1 Å². The third kappa shape index (κ3) is 1.34. The van der Waals surface area contributed by atoms with E-state index in [4.69, 9.17) is 0 Å². The number of aromatic amines is 2. The highest BCUT2D eigenvalue weighted by molar-refractivity contribution is 6.10. The summed E-state index contributed by atoms with van der Waals surface area (Å²) in [6.45, 7) is 1.98. The minimum absolute atomic E-state index is 0.140. The normalized spacial score (nSPS) is 11.4. The fraction of sp³-hybridized carbons (Fsp3) is 0.154. The van der Waals surface area contributed by atoms with Crippen LogP contribution in [0.5, 0.6) is 5.75 Å². The molecule has 3 rings (SSSR count). The van der Waals surface area contributed by atoms with E-state index in [-0.39, 0.29) is 11.3 Å². The first-order valence-corrected chi connectivity index (χ1v) is 5.56. The Morgan fingerprint density at radius 2 is 2.12 bits per heavy atom. The van der Waals surface area contributed by atoms with Crippen LogP contribution in [0.25, 0.3) is 21.8 Å². The molecule has 0 saturated heterocycles. The smallest absolute Gasteiger partial charge is 0.248 e. The largest absolute Gasteiger partial charge is 0.507 e. The van der Waals surface area contributed by atoms with Crippen LogP contribution >= 0.6 is 0 Å². The predicted molar refractivity (Wildman–Crippen MR) is 67.5 cm³/mol. The van der Waals surface area contributed by atoms with Crippen LogP contribution in [-0.4, -0.2) is 15.1 Å². The molecule has 3 N–H and O–H groups in total. The van der Waals surface area contributed by atoms with Gasteiger partial charge in [0.15, 0.2) is 0 Å². The third-order valence-corrected chi connectivity index (χ3v) is 3.05. The van der Waals surface area contributed by atoms with Gasteiger partial charge in [0.25, 0.3) is 0 Å². The molecule has 3 aromatic rings. The van der Waals surface area contributed by atoms with Crippen molar-refractivity contribution < 1.29 is 5.11 Å². The summed E-state index contributed by atoms with van der Waals surface area (Å²) in [6.07, 6.45) is 0.736. The van der Waals surface area contributed by atoms with Gasteiger partial charge in [-0.25, -0.2) is 0 Å². The Labute approximate surface area is 96.9 Å². The first-order valence-electron chi connectivity index (χ1n) is 5.56. The van der Waals surface area contributed by atoms with Crippen LogP contribution in [0.1, 0.15) is 12.6 Å². The van der Waals surface area contributed by atoms with E-state index in [1.807, 2.05) is 13.0 Å². The fourth-order valence-corrected chi connectivity index (χ4v) is 2.28. The van der Waals surface area contributed by atoms with Gasteiger partial charge in [-0.3, -0.25) is 4.79 Å². The van der Waals surface area contributed by atoms with E-state index in [0.717, 1.165) is 28.5 Å². The molecule has 0 atom stereocenters. The van der Waals surface area contributed by atoms with E-state index >= 15 is 0 Å². The minimum atomic E-state index is -0.140. The molecule has 0 bridgehead atoms. The number of phenols is 1. The van der Waals surface area contributed by atoms with E-state index in [9.17, 15) is 9.90 Å². The number of aryl methyl sites for hydroxylation is 1. The van der Waals surface area contributed by atoms with E-state index < -0.39 is 0 Å². The van der Waals surface area contributed by atoms with Gasteiger partial charge >= 0.3 is 0 Å². The number of benzene rings is 1. The van der Waals surface area contributed by atoms with E-state index in [2.05, 4.69) is 9.97 Å². The fourth-order valence-electron chi connectivity index (χ4n) is 2.28. The summed E-state index contributed by atoms with van der Waals surface area (Å²) in [6, 6.07) is 6.81. The predicted octanol–water partition coefficient (Wildman–Crippen LogP) is 2.28. The molecule has 86 valence electrons. The van der Waals surface area contributed by atoms with Gasteiger partial charge in [0.05, 0.1) is 11.0 Å². The van der Waals surface area contributed by atoms with E-state index in [1.54, 1.807) is 12.1 Å². The lowest BCUT2D eigenvalue weighted by Crippen LogP contribution is -2.06. The Morgan fingerprint density at radius 3 is 2.88 bits per heavy atom. The molecule has 0 unspecified atom stereocenters. The first kappa shape index (κ1) is 9.96. The summed E-state index contributed by atoms with van der Waals surface area (Å²) < 4.78 is 0. The van der Waals surface area contributed by atoms with Gasteiger partial charge in [0.2, 0.25) is 5.56 Å². The molecule has 0 spiro atoms. The van der Waals surface area contributed by atoms with Gasteiger partial charge in [0.1, 0.15) is 5.75 Å². The summed E-state index contributed by atoms with van der Waals surface area (Å²) in [5.74, 6) is 0.196. The Bertz CT molecular complexity index is 768. The lowest BCUT2D eigenvalue weighted by Gasteiger charge is -1.98. The summed E-state index contributed by atoms with van der Waals surface area (Å²) >= 11 is 0. The van der Waals surface area contributed by atoms with Gasteiger partial charge in [-0.05, 0) is 18.6 Å². The number of pyridine rings is 1. The molecule has 4 heteroatoms. The number of aromatic hydroxyl groups is 1. The van der Waals surface area contributed by atoms with Crippen molar-refractivity contribution in [3.8, 4) is 5.75 Å². The van der Waals surface area contributed by atoms with Gasteiger partial charge in [0, 0.05) is 22.5 Å². The van der Waals surface area contributed by atoms with E-state index in [0.29, 0.717) is 5.39 Å². The second-order valence-electron chi connectivity index (χ2n) is 4.08. The molecule has 2 heterocycles.